The van der Waals surface area contributed by atoms with Crippen molar-refractivity contribution in [1.82, 2.24) is 19.4 Å². The van der Waals surface area contributed by atoms with Gasteiger partial charge < -0.3 is 14.6 Å². The third-order valence-corrected chi connectivity index (χ3v) is 7.15. The van der Waals surface area contributed by atoms with Gasteiger partial charge >= 0.3 is 11.8 Å². The van der Waals surface area contributed by atoms with E-state index in [1.807, 2.05) is 54.6 Å². The average molecular weight is 530 g/mol. The number of imidazole rings is 1. The van der Waals surface area contributed by atoms with Crippen LogP contribution in [0.25, 0.3) is 11.0 Å². The maximum absolute atomic E-state index is 12.8. The van der Waals surface area contributed by atoms with Crippen LogP contribution in [0.1, 0.15) is 30.0 Å². The maximum atomic E-state index is 12.8. The van der Waals surface area contributed by atoms with Crippen molar-refractivity contribution in [2.75, 3.05) is 26.2 Å². The molecule has 1 aliphatic rings. The number of nitrogens with zero attached hydrogens (tertiary/aromatic N) is 4. The van der Waals surface area contributed by atoms with Crippen LogP contribution < -0.4 is 5.69 Å². The molecule has 1 aromatic heterocycles. The van der Waals surface area contributed by atoms with Gasteiger partial charge in [0.25, 0.3) is 5.69 Å². The van der Waals surface area contributed by atoms with Gasteiger partial charge in [0, 0.05) is 50.9 Å². The molecule has 10 heteroatoms. The molecule has 4 aromatic rings. The molecule has 0 radical (unpaired) electrons. The van der Waals surface area contributed by atoms with E-state index in [9.17, 15) is 19.7 Å². The number of carbonyl (C=O) groups excluding carboxylic acids is 1. The number of non-ortho nitro benzene ring substituents is 1. The van der Waals surface area contributed by atoms with Crippen LogP contribution in [-0.4, -0.2) is 56.6 Å². The van der Waals surface area contributed by atoms with Crippen LogP contribution in [0.15, 0.2) is 83.7 Å². The number of carbonyl (C=O) groups is 1. The van der Waals surface area contributed by atoms with Crippen LogP contribution in [-0.2, 0) is 17.8 Å². The Morgan fingerprint density at radius 2 is 1.59 bits per heavy atom. The van der Waals surface area contributed by atoms with E-state index in [0.29, 0.717) is 45.6 Å². The summed E-state index contributed by atoms with van der Waals surface area (Å²) in [6, 6.07) is 24.2. The summed E-state index contributed by atoms with van der Waals surface area (Å²) in [4.78, 5) is 42.7. The third kappa shape index (κ3) is 6.35. The molecule has 0 unspecified atom stereocenters. The minimum Gasteiger partial charge on any atom is -0.448 e. The minimum atomic E-state index is -0.410. The summed E-state index contributed by atoms with van der Waals surface area (Å²) < 4.78 is 7.44. The number of likely N-dealkylation sites (tertiary alicyclic amines) is 1. The van der Waals surface area contributed by atoms with E-state index in [1.165, 1.54) is 12.1 Å². The molecular weight excluding hydrogens is 498 g/mol. The lowest BCUT2D eigenvalue weighted by atomic mass is 10.0. The largest absolute Gasteiger partial charge is 0.448 e. The second-order valence-corrected chi connectivity index (χ2v) is 9.77. The molecule has 1 amide bonds. The van der Waals surface area contributed by atoms with Crippen LogP contribution in [0.5, 0.6) is 0 Å². The fourth-order valence-corrected chi connectivity index (χ4v) is 5.13. The van der Waals surface area contributed by atoms with Gasteiger partial charge in [0.05, 0.1) is 16.0 Å². The smallest absolute Gasteiger partial charge is 0.409 e. The number of benzene rings is 3. The number of amides is 1. The van der Waals surface area contributed by atoms with Crippen molar-refractivity contribution in [3.05, 3.63) is 111 Å². The number of piperidine rings is 1. The number of para-hydroxylation sites is 2. The first-order valence-corrected chi connectivity index (χ1v) is 13.1. The number of nitro groups is 1. The standard InChI is InChI=1S/C29H31N5O5/c35-28-30-26-8-4-5-9-27(26)33(28)24-14-16-32(17-15-24)29(36)39-19-18-31(20-22-6-2-1-3-7-22)21-23-10-12-25(13-11-23)34(37)38/h1-13,24H,14-21H2,(H,30,35). The normalized spacial score (nSPS) is 14.1. The molecule has 39 heavy (non-hydrogen) atoms. The summed E-state index contributed by atoms with van der Waals surface area (Å²) >= 11 is 0. The van der Waals surface area contributed by atoms with Crippen molar-refractivity contribution in [2.45, 2.75) is 32.0 Å². The summed E-state index contributed by atoms with van der Waals surface area (Å²) in [5, 5.41) is 11.0. The molecule has 1 aliphatic heterocycles. The molecule has 202 valence electrons. The van der Waals surface area contributed by atoms with Crippen molar-refractivity contribution < 1.29 is 14.5 Å². The molecule has 0 bridgehead atoms. The highest BCUT2D eigenvalue weighted by Crippen LogP contribution is 2.25. The number of fused-ring (bicyclic) bond motifs is 1. The summed E-state index contributed by atoms with van der Waals surface area (Å²) in [6.07, 6.45) is 1.00. The Morgan fingerprint density at radius 1 is 0.949 bits per heavy atom. The Morgan fingerprint density at radius 3 is 2.28 bits per heavy atom. The topological polar surface area (TPSA) is 114 Å². The van der Waals surface area contributed by atoms with Crippen molar-refractivity contribution >= 4 is 22.8 Å². The SMILES string of the molecule is O=C(OCCN(Cc1ccccc1)Cc1ccc([N+](=O)[O-])cc1)N1CCC(n2c(=O)[nH]c3ccccc32)CC1. The fraction of sp³-hybridized carbons (Fsp3) is 0.310. The van der Waals surface area contributed by atoms with Gasteiger partial charge in [0.15, 0.2) is 0 Å². The molecule has 0 saturated carbocycles. The van der Waals surface area contributed by atoms with Crippen LogP contribution in [0.4, 0.5) is 10.5 Å². The first-order chi connectivity index (χ1) is 19.0. The quantitative estimate of drug-likeness (QED) is 0.248. The summed E-state index contributed by atoms with van der Waals surface area (Å²) in [7, 11) is 0. The molecule has 0 spiro atoms. The third-order valence-electron chi connectivity index (χ3n) is 7.15. The first-order valence-electron chi connectivity index (χ1n) is 13.1. The Labute approximate surface area is 225 Å². The van der Waals surface area contributed by atoms with Crippen LogP contribution in [0.3, 0.4) is 0 Å². The zero-order valence-corrected chi connectivity index (χ0v) is 21.6. The molecule has 0 aliphatic carbocycles. The van der Waals surface area contributed by atoms with Crippen molar-refractivity contribution in [1.29, 1.82) is 0 Å². The zero-order valence-electron chi connectivity index (χ0n) is 21.6. The number of hydrogen-bond acceptors (Lipinski definition) is 6. The highest BCUT2D eigenvalue weighted by atomic mass is 16.6. The Kier molecular flexibility index (Phi) is 8.02. The highest BCUT2D eigenvalue weighted by molar-refractivity contribution is 5.75. The Bertz CT molecular complexity index is 1470. The van der Waals surface area contributed by atoms with Crippen molar-refractivity contribution in [2.24, 2.45) is 0 Å². The lowest BCUT2D eigenvalue weighted by Gasteiger charge is -2.32. The number of hydrogen-bond donors (Lipinski definition) is 1. The Balaban J connectivity index is 1.15. The lowest BCUT2D eigenvalue weighted by Crippen LogP contribution is -2.41. The van der Waals surface area contributed by atoms with Gasteiger partial charge in [0.1, 0.15) is 6.61 Å². The van der Waals surface area contributed by atoms with Crippen LogP contribution in [0.2, 0.25) is 0 Å². The maximum Gasteiger partial charge on any atom is 0.409 e. The van der Waals surface area contributed by atoms with E-state index >= 15 is 0 Å². The van der Waals surface area contributed by atoms with Gasteiger partial charge in [-0.1, -0.05) is 54.6 Å². The lowest BCUT2D eigenvalue weighted by molar-refractivity contribution is -0.384. The van der Waals surface area contributed by atoms with Crippen LogP contribution in [0, 0.1) is 10.1 Å². The first kappa shape index (κ1) is 26.2. The number of nitro benzene ring substituents is 1. The number of rotatable bonds is 9. The summed E-state index contributed by atoms with van der Waals surface area (Å²) in [5.74, 6) is 0. The number of aromatic amines is 1. The van der Waals surface area contributed by atoms with Gasteiger partial charge in [0.2, 0.25) is 0 Å². The van der Waals surface area contributed by atoms with E-state index in [2.05, 4.69) is 9.88 Å². The van der Waals surface area contributed by atoms with Crippen LogP contribution >= 0.6 is 0 Å². The average Bonchev–Trinajstić information content (AvgIpc) is 3.29. The monoisotopic (exact) mass is 529 g/mol. The number of ether oxygens (including phenoxy) is 1. The molecule has 2 heterocycles. The molecule has 1 fully saturated rings. The van der Waals surface area contributed by atoms with Gasteiger partial charge in [-0.05, 0) is 36.1 Å². The Hall–Kier alpha value is -4.44. The molecular formula is C29H31N5O5. The summed E-state index contributed by atoms with van der Waals surface area (Å²) in [5.41, 5.74) is 3.70. The van der Waals surface area contributed by atoms with Gasteiger partial charge in [-0.15, -0.1) is 0 Å². The fourth-order valence-electron chi connectivity index (χ4n) is 5.13. The molecule has 0 atom stereocenters. The molecule has 10 nitrogen and oxygen atoms in total. The predicted molar refractivity (Wildman–Crippen MR) is 147 cm³/mol. The molecule has 1 N–H and O–H groups in total. The minimum absolute atomic E-state index is 0.0285. The zero-order chi connectivity index (χ0) is 27.2. The molecule has 5 rings (SSSR count). The number of H-pyrrole nitrogens is 1. The van der Waals surface area contributed by atoms with Gasteiger partial charge in [-0.25, -0.2) is 9.59 Å². The second kappa shape index (κ2) is 12.0. The van der Waals surface area contributed by atoms with E-state index < -0.39 is 4.92 Å². The van der Waals surface area contributed by atoms with E-state index in [-0.39, 0.29) is 30.1 Å². The van der Waals surface area contributed by atoms with Crippen molar-refractivity contribution in [3.63, 3.8) is 0 Å². The predicted octanol–water partition coefficient (Wildman–Crippen LogP) is 4.71. The molecule has 3 aromatic carbocycles. The number of aromatic nitrogens is 2. The van der Waals surface area contributed by atoms with Gasteiger partial charge in [-0.2, -0.15) is 0 Å². The summed E-state index contributed by atoms with van der Waals surface area (Å²) in [6.45, 7) is 2.99. The van der Waals surface area contributed by atoms with Gasteiger partial charge in [-0.3, -0.25) is 19.6 Å². The highest BCUT2D eigenvalue weighted by Gasteiger charge is 2.27. The van der Waals surface area contributed by atoms with E-state index in [0.717, 1.165) is 22.2 Å². The van der Waals surface area contributed by atoms with E-state index in [4.69, 9.17) is 4.74 Å². The molecule has 1 saturated heterocycles. The number of nitrogens with one attached hydrogen (secondary N) is 1. The second-order valence-electron chi connectivity index (χ2n) is 9.77. The van der Waals surface area contributed by atoms with Crippen molar-refractivity contribution in [3.8, 4) is 0 Å². The van der Waals surface area contributed by atoms with E-state index in [1.54, 1.807) is 21.6 Å².